The molecule has 0 spiro atoms. The summed E-state index contributed by atoms with van der Waals surface area (Å²) in [6.45, 7) is 3.63. The van der Waals surface area contributed by atoms with Gasteiger partial charge >= 0.3 is 0 Å². The minimum Gasteiger partial charge on any atom is -0.381 e. The Morgan fingerprint density at radius 3 is 2.84 bits per heavy atom. The van der Waals surface area contributed by atoms with Crippen LogP contribution in [0.5, 0.6) is 0 Å². The van der Waals surface area contributed by atoms with Crippen molar-refractivity contribution in [2.24, 2.45) is 0 Å². The van der Waals surface area contributed by atoms with E-state index in [1.807, 2.05) is 12.1 Å². The molecule has 1 aliphatic rings. The number of rotatable bonds is 1. The highest BCUT2D eigenvalue weighted by Gasteiger charge is 2.32. The van der Waals surface area contributed by atoms with Crippen LogP contribution in [0.2, 0.25) is 0 Å². The van der Waals surface area contributed by atoms with Gasteiger partial charge in [0.15, 0.2) is 0 Å². The van der Waals surface area contributed by atoms with Crippen molar-refractivity contribution >= 4 is 17.0 Å². The molecule has 1 aromatic heterocycles. The highest BCUT2D eigenvalue weighted by atomic mass is 16.5. The van der Waals surface area contributed by atoms with Crippen LogP contribution in [-0.2, 0) is 10.3 Å². The lowest BCUT2D eigenvalue weighted by Gasteiger charge is -2.36. The van der Waals surface area contributed by atoms with Gasteiger partial charge in [0.1, 0.15) is 0 Å². The van der Waals surface area contributed by atoms with Gasteiger partial charge in [0.05, 0.1) is 22.7 Å². The van der Waals surface area contributed by atoms with Crippen molar-refractivity contribution in [2.45, 2.75) is 25.3 Å². The summed E-state index contributed by atoms with van der Waals surface area (Å²) in [6, 6.07) is 7.64. The number of nitrogen functional groups attached to an aromatic ring is 1. The van der Waals surface area contributed by atoms with E-state index in [4.69, 9.17) is 15.7 Å². The molecule has 98 valence electrons. The Labute approximate surface area is 111 Å². The van der Waals surface area contributed by atoms with E-state index in [1.165, 1.54) is 0 Å². The number of anilines is 1. The maximum absolute atomic E-state index is 9.04. The Morgan fingerprint density at radius 2 is 2.16 bits per heavy atom. The van der Waals surface area contributed by atoms with E-state index in [0.717, 1.165) is 37.1 Å². The van der Waals surface area contributed by atoms with Crippen LogP contribution in [-0.4, -0.2) is 22.8 Å². The first-order valence-corrected chi connectivity index (χ1v) is 6.40. The quantitative estimate of drug-likeness (QED) is 0.846. The molecule has 2 N–H and O–H groups in total. The standard InChI is InChI=1S/C14H16N4O/c1-14(4-6-19-7-5-14)18-12-8-10(9-15)2-3-11(12)17-13(18)16/h2-3,8H,4-7H2,1H3,(H2,16,17). The Hall–Kier alpha value is -2.06. The number of aromatic nitrogens is 2. The third kappa shape index (κ3) is 1.85. The van der Waals surface area contributed by atoms with Gasteiger partial charge < -0.3 is 15.0 Å². The molecule has 1 aliphatic heterocycles. The monoisotopic (exact) mass is 256 g/mol. The topological polar surface area (TPSA) is 76.9 Å². The van der Waals surface area contributed by atoms with Gasteiger partial charge in [-0.05, 0) is 38.0 Å². The lowest BCUT2D eigenvalue weighted by atomic mass is 9.92. The van der Waals surface area contributed by atoms with Crippen molar-refractivity contribution in [1.82, 2.24) is 9.55 Å². The van der Waals surface area contributed by atoms with E-state index >= 15 is 0 Å². The van der Waals surface area contributed by atoms with Gasteiger partial charge in [0.25, 0.3) is 0 Å². The highest BCUT2D eigenvalue weighted by Crippen LogP contribution is 2.34. The molecule has 3 rings (SSSR count). The zero-order valence-corrected chi connectivity index (χ0v) is 10.9. The van der Waals surface area contributed by atoms with Gasteiger partial charge in [0, 0.05) is 18.8 Å². The third-order valence-electron chi connectivity index (χ3n) is 3.92. The number of ether oxygens (including phenoxy) is 1. The summed E-state index contributed by atoms with van der Waals surface area (Å²) in [5.41, 5.74) is 8.39. The molecule has 2 aromatic rings. The van der Waals surface area contributed by atoms with Crippen LogP contribution < -0.4 is 5.73 Å². The smallest absolute Gasteiger partial charge is 0.201 e. The molecule has 19 heavy (non-hydrogen) atoms. The molecule has 1 fully saturated rings. The maximum atomic E-state index is 9.04. The second-order valence-electron chi connectivity index (χ2n) is 5.23. The molecule has 0 unspecified atom stereocenters. The molecule has 1 aromatic carbocycles. The first-order valence-electron chi connectivity index (χ1n) is 6.40. The third-order valence-corrected chi connectivity index (χ3v) is 3.92. The van der Waals surface area contributed by atoms with Gasteiger partial charge in [-0.2, -0.15) is 5.26 Å². The summed E-state index contributed by atoms with van der Waals surface area (Å²) < 4.78 is 7.49. The van der Waals surface area contributed by atoms with Crippen molar-refractivity contribution in [3.05, 3.63) is 23.8 Å². The van der Waals surface area contributed by atoms with Crippen molar-refractivity contribution < 1.29 is 4.74 Å². The van der Waals surface area contributed by atoms with E-state index in [2.05, 4.69) is 22.5 Å². The lowest BCUT2D eigenvalue weighted by molar-refractivity contribution is 0.0320. The van der Waals surface area contributed by atoms with Crippen LogP contribution in [0.4, 0.5) is 5.95 Å². The Kier molecular flexibility index (Phi) is 2.68. The summed E-state index contributed by atoms with van der Waals surface area (Å²) in [7, 11) is 0. The molecule has 5 nitrogen and oxygen atoms in total. The van der Waals surface area contributed by atoms with E-state index < -0.39 is 0 Å². The van der Waals surface area contributed by atoms with Crippen LogP contribution in [0, 0.1) is 11.3 Å². The summed E-state index contributed by atoms with van der Waals surface area (Å²) in [5.74, 6) is 0.509. The van der Waals surface area contributed by atoms with Crippen molar-refractivity contribution in [3.63, 3.8) is 0 Å². The van der Waals surface area contributed by atoms with Crippen LogP contribution >= 0.6 is 0 Å². The zero-order valence-electron chi connectivity index (χ0n) is 10.9. The molecule has 0 atom stereocenters. The zero-order chi connectivity index (χ0) is 13.5. The molecule has 0 bridgehead atoms. The van der Waals surface area contributed by atoms with Crippen LogP contribution in [0.1, 0.15) is 25.3 Å². The summed E-state index contributed by atoms with van der Waals surface area (Å²) in [4.78, 5) is 4.40. The van der Waals surface area contributed by atoms with E-state index in [-0.39, 0.29) is 5.54 Å². The summed E-state index contributed by atoms with van der Waals surface area (Å²) >= 11 is 0. The van der Waals surface area contributed by atoms with Gasteiger partial charge in [-0.3, -0.25) is 0 Å². The van der Waals surface area contributed by atoms with Gasteiger partial charge in [-0.15, -0.1) is 0 Å². The first-order chi connectivity index (χ1) is 9.14. The SMILES string of the molecule is CC1(n2c(N)nc3ccc(C#N)cc32)CCOCC1. The molecule has 0 aliphatic carbocycles. The van der Waals surface area contributed by atoms with Crippen LogP contribution in [0.25, 0.3) is 11.0 Å². The fourth-order valence-corrected chi connectivity index (χ4v) is 2.77. The van der Waals surface area contributed by atoms with Crippen LogP contribution in [0.15, 0.2) is 18.2 Å². The molecule has 1 saturated heterocycles. The summed E-state index contributed by atoms with van der Waals surface area (Å²) in [5, 5.41) is 9.04. The Morgan fingerprint density at radius 1 is 1.42 bits per heavy atom. The number of nitriles is 1. The average molecular weight is 256 g/mol. The maximum Gasteiger partial charge on any atom is 0.201 e. The average Bonchev–Trinajstić information content (AvgIpc) is 2.74. The number of nitrogens with two attached hydrogens (primary N) is 1. The van der Waals surface area contributed by atoms with Crippen molar-refractivity contribution in [3.8, 4) is 6.07 Å². The van der Waals surface area contributed by atoms with Gasteiger partial charge in [-0.25, -0.2) is 4.98 Å². The van der Waals surface area contributed by atoms with E-state index in [0.29, 0.717) is 11.5 Å². The van der Waals surface area contributed by atoms with E-state index in [9.17, 15) is 0 Å². The molecule has 5 heteroatoms. The summed E-state index contributed by atoms with van der Waals surface area (Å²) in [6.07, 6.45) is 1.80. The van der Waals surface area contributed by atoms with Crippen molar-refractivity contribution in [1.29, 1.82) is 5.26 Å². The van der Waals surface area contributed by atoms with Gasteiger partial charge in [-0.1, -0.05) is 0 Å². The number of nitrogens with zero attached hydrogens (tertiary/aromatic N) is 3. The minimum atomic E-state index is -0.0921. The molecule has 2 heterocycles. The molecular formula is C14H16N4O. The fourth-order valence-electron chi connectivity index (χ4n) is 2.77. The predicted octanol–water partition coefficient (Wildman–Crippen LogP) is 2.02. The first kappa shape index (κ1) is 12.0. The van der Waals surface area contributed by atoms with E-state index in [1.54, 1.807) is 6.07 Å². The molecule has 0 amide bonds. The number of imidazole rings is 1. The minimum absolute atomic E-state index is 0.0921. The second-order valence-corrected chi connectivity index (χ2v) is 5.23. The molecule has 0 radical (unpaired) electrons. The number of hydrogen-bond acceptors (Lipinski definition) is 4. The number of benzene rings is 1. The molecular weight excluding hydrogens is 240 g/mol. The number of hydrogen-bond donors (Lipinski definition) is 1. The lowest BCUT2D eigenvalue weighted by Crippen LogP contribution is -2.37. The number of fused-ring (bicyclic) bond motifs is 1. The van der Waals surface area contributed by atoms with Crippen LogP contribution in [0.3, 0.4) is 0 Å². The Balaban J connectivity index is 2.21. The predicted molar refractivity (Wildman–Crippen MR) is 72.6 cm³/mol. The highest BCUT2D eigenvalue weighted by molar-refractivity contribution is 5.80. The molecule has 0 saturated carbocycles. The largest absolute Gasteiger partial charge is 0.381 e. The second kappa shape index (κ2) is 4.25. The fraction of sp³-hybridized carbons (Fsp3) is 0.429. The Bertz CT molecular complexity index is 662. The van der Waals surface area contributed by atoms with Gasteiger partial charge in [0.2, 0.25) is 5.95 Å². The van der Waals surface area contributed by atoms with Crippen molar-refractivity contribution in [2.75, 3.05) is 18.9 Å². The normalized spacial score (nSPS) is 18.3.